The number of piperazine rings is 1. The molecule has 2 heterocycles. The molecule has 1 amide bonds. The fourth-order valence-electron chi connectivity index (χ4n) is 3.02. The number of nitrogens with zero attached hydrogens (tertiary/aromatic N) is 3. The monoisotopic (exact) mass is 339 g/mol. The minimum absolute atomic E-state index is 0.117. The zero-order valence-corrected chi connectivity index (χ0v) is 15.5. The first-order valence-electron chi connectivity index (χ1n) is 8.56. The van der Waals surface area contributed by atoms with E-state index in [1.807, 2.05) is 11.8 Å². The van der Waals surface area contributed by atoms with Crippen molar-refractivity contribution < 1.29 is 9.90 Å². The highest BCUT2D eigenvalue weighted by Gasteiger charge is 2.27. The molecule has 1 aromatic heterocycles. The van der Waals surface area contributed by atoms with Gasteiger partial charge in [0.25, 0.3) is 5.91 Å². The lowest BCUT2D eigenvalue weighted by atomic mass is 10.1. The lowest BCUT2D eigenvalue weighted by Gasteiger charge is -2.38. The molecule has 1 saturated heterocycles. The summed E-state index contributed by atoms with van der Waals surface area (Å²) in [7, 11) is 0. The number of aliphatic hydroxyl groups is 1. The minimum atomic E-state index is 0.117. The van der Waals surface area contributed by atoms with Crippen LogP contribution in [0.1, 0.15) is 47.6 Å². The third-order valence-corrected chi connectivity index (χ3v) is 5.59. The van der Waals surface area contributed by atoms with E-state index in [1.54, 1.807) is 11.3 Å². The minimum Gasteiger partial charge on any atom is -0.395 e. The van der Waals surface area contributed by atoms with Crippen LogP contribution in [-0.2, 0) is 6.42 Å². The first kappa shape index (κ1) is 18.4. The molecule has 23 heavy (non-hydrogen) atoms. The van der Waals surface area contributed by atoms with Crippen LogP contribution in [0.2, 0.25) is 0 Å². The molecule has 130 valence electrons. The molecule has 0 aromatic carbocycles. The quantitative estimate of drug-likeness (QED) is 0.863. The number of aromatic nitrogens is 1. The van der Waals surface area contributed by atoms with Crippen molar-refractivity contribution in [1.82, 2.24) is 14.8 Å². The largest absolute Gasteiger partial charge is 0.395 e. The normalized spacial score (nSPS) is 17.7. The Morgan fingerprint density at radius 3 is 2.48 bits per heavy atom. The molecule has 5 nitrogen and oxygen atoms in total. The van der Waals surface area contributed by atoms with Gasteiger partial charge in [-0.2, -0.15) is 0 Å². The van der Waals surface area contributed by atoms with E-state index >= 15 is 0 Å². The van der Waals surface area contributed by atoms with Crippen LogP contribution in [0.15, 0.2) is 0 Å². The highest BCUT2D eigenvalue weighted by Crippen LogP contribution is 2.23. The molecular formula is C17H29N3O2S. The molecule has 2 rings (SSSR count). The molecule has 0 spiro atoms. The molecule has 0 bridgehead atoms. The Bertz CT molecular complexity index is 518. The molecule has 0 radical (unpaired) electrons. The second-order valence-corrected chi connectivity index (χ2v) is 7.78. The summed E-state index contributed by atoms with van der Waals surface area (Å²) in [5, 5.41) is 10.5. The molecule has 6 heteroatoms. The topological polar surface area (TPSA) is 56.7 Å². The lowest BCUT2D eigenvalue weighted by molar-refractivity contribution is 0.0475. The van der Waals surface area contributed by atoms with Gasteiger partial charge in [0.1, 0.15) is 4.88 Å². The van der Waals surface area contributed by atoms with Gasteiger partial charge in [-0.15, -0.1) is 11.3 Å². The zero-order chi connectivity index (χ0) is 17.0. The number of aliphatic hydroxyl groups excluding tert-OH is 1. The number of aryl methyl sites for hydroxylation is 1. The molecule has 1 aliphatic heterocycles. The summed E-state index contributed by atoms with van der Waals surface area (Å²) in [6.45, 7) is 11.7. The number of carbonyl (C=O) groups excluding carboxylic acids is 1. The summed E-state index contributed by atoms with van der Waals surface area (Å²) in [6.07, 6.45) is 1.87. The molecule has 1 atom stereocenters. The second-order valence-electron chi connectivity index (χ2n) is 6.69. The summed E-state index contributed by atoms with van der Waals surface area (Å²) in [5.41, 5.74) is 0.861. The van der Waals surface area contributed by atoms with Gasteiger partial charge in [-0.1, -0.05) is 20.8 Å². The van der Waals surface area contributed by atoms with Crippen molar-refractivity contribution in [2.45, 2.75) is 46.6 Å². The fraction of sp³-hybridized carbons (Fsp3) is 0.765. The smallest absolute Gasteiger partial charge is 0.265 e. The van der Waals surface area contributed by atoms with Crippen molar-refractivity contribution in [1.29, 1.82) is 0 Å². The van der Waals surface area contributed by atoms with Gasteiger partial charge in [-0.25, -0.2) is 4.98 Å². The van der Waals surface area contributed by atoms with E-state index in [0.29, 0.717) is 5.92 Å². The van der Waals surface area contributed by atoms with Crippen molar-refractivity contribution in [3.8, 4) is 0 Å². The maximum atomic E-state index is 12.8. The predicted molar refractivity (Wildman–Crippen MR) is 94.0 cm³/mol. The van der Waals surface area contributed by atoms with Crippen LogP contribution in [0.4, 0.5) is 0 Å². The SMILES string of the molecule is CCC(CO)N1CCN(C(=O)c2sc(CC(C)C)nc2C)CC1. The van der Waals surface area contributed by atoms with Crippen LogP contribution in [0.3, 0.4) is 0 Å². The summed E-state index contributed by atoms with van der Waals surface area (Å²) >= 11 is 1.55. The first-order chi connectivity index (χ1) is 11.0. The number of hydrogen-bond acceptors (Lipinski definition) is 5. The van der Waals surface area contributed by atoms with Crippen LogP contribution in [0.5, 0.6) is 0 Å². The Balaban J connectivity index is 1.98. The van der Waals surface area contributed by atoms with E-state index < -0.39 is 0 Å². The molecule has 0 saturated carbocycles. The Morgan fingerprint density at radius 2 is 1.96 bits per heavy atom. The van der Waals surface area contributed by atoms with E-state index in [0.717, 1.165) is 54.6 Å². The highest BCUT2D eigenvalue weighted by molar-refractivity contribution is 7.13. The summed E-state index contributed by atoms with van der Waals surface area (Å²) in [4.78, 5) is 22.3. The average molecular weight is 340 g/mol. The van der Waals surface area contributed by atoms with Crippen LogP contribution >= 0.6 is 11.3 Å². The Labute approximate surface area is 143 Å². The Morgan fingerprint density at radius 1 is 1.30 bits per heavy atom. The Hall–Kier alpha value is -0.980. The predicted octanol–water partition coefficient (Wildman–Crippen LogP) is 2.18. The van der Waals surface area contributed by atoms with Crippen molar-refractivity contribution in [2.24, 2.45) is 5.92 Å². The van der Waals surface area contributed by atoms with Crippen molar-refractivity contribution in [3.63, 3.8) is 0 Å². The standard InChI is InChI=1S/C17H29N3O2S/c1-5-14(11-21)19-6-8-20(9-7-19)17(22)16-13(4)18-15(23-16)10-12(2)3/h12,14,21H,5-11H2,1-4H3. The van der Waals surface area contributed by atoms with Crippen molar-refractivity contribution in [2.75, 3.05) is 32.8 Å². The van der Waals surface area contributed by atoms with Crippen molar-refractivity contribution >= 4 is 17.2 Å². The highest BCUT2D eigenvalue weighted by atomic mass is 32.1. The zero-order valence-electron chi connectivity index (χ0n) is 14.7. The van der Waals surface area contributed by atoms with Gasteiger partial charge in [0, 0.05) is 38.6 Å². The average Bonchev–Trinajstić information content (AvgIpc) is 2.88. The number of carbonyl (C=O) groups is 1. The molecule has 0 aliphatic carbocycles. The molecule has 1 aliphatic rings. The first-order valence-corrected chi connectivity index (χ1v) is 9.38. The number of rotatable bonds is 6. The van der Waals surface area contributed by atoms with E-state index in [9.17, 15) is 9.90 Å². The molecule has 1 N–H and O–H groups in total. The fourth-order valence-corrected chi connectivity index (χ4v) is 4.27. The van der Waals surface area contributed by atoms with Gasteiger partial charge in [-0.3, -0.25) is 9.69 Å². The second kappa shape index (κ2) is 8.22. The number of thiazole rings is 1. The van der Waals surface area contributed by atoms with Crippen LogP contribution in [0.25, 0.3) is 0 Å². The van der Waals surface area contributed by atoms with E-state index in [4.69, 9.17) is 0 Å². The van der Waals surface area contributed by atoms with Gasteiger partial charge in [-0.05, 0) is 19.3 Å². The Kier molecular flexibility index (Phi) is 6.56. The van der Waals surface area contributed by atoms with Crippen LogP contribution in [0, 0.1) is 12.8 Å². The van der Waals surface area contributed by atoms with Gasteiger partial charge in [0.15, 0.2) is 0 Å². The third-order valence-electron chi connectivity index (χ3n) is 4.42. The molecular weight excluding hydrogens is 310 g/mol. The molecule has 1 aromatic rings. The lowest BCUT2D eigenvalue weighted by Crippen LogP contribution is -2.52. The maximum Gasteiger partial charge on any atom is 0.265 e. The summed E-state index contributed by atoms with van der Waals surface area (Å²) < 4.78 is 0. The molecule has 1 unspecified atom stereocenters. The van der Waals surface area contributed by atoms with E-state index in [2.05, 4.69) is 30.7 Å². The van der Waals surface area contributed by atoms with Gasteiger partial charge >= 0.3 is 0 Å². The summed E-state index contributed by atoms with van der Waals surface area (Å²) in [5.74, 6) is 0.670. The molecule has 1 fully saturated rings. The van der Waals surface area contributed by atoms with E-state index in [1.165, 1.54) is 0 Å². The van der Waals surface area contributed by atoms with E-state index in [-0.39, 0.29) is 18.6 Å². The van der Waals surface area contributed by atoms with Crippen molar-refractivity contribution in [3.05, 3.63) is 15.6 Å². The van der Waals surface area contributed by atoms with Gasteiger partial charge in [0.05, 0.1) is 17.3 Å². The summed E-state index contributed by atoms with van der Waals surface area (Å²) in [6, 6.07) is 0.218. The number of hydrogen-bond donors (Lipinski definition) is 1. The van der Waals surface area contributed by atoms with Gasteiger partial charge in [0.2, 0.25) is 0 Å². The van der Waals surface area contributed by atoms with Crippen LogP contribution in [-0.4, -0.2) is 64.6 Å². The van der Waals surface area contributed by atoms with Gasteiger partial charge < -0.3 is 10.0 Å². The third kappa shape index (κ3) is 4.52. The number of amides is 1. The van der Waals surface area contributed by atoms with Crippen LogP contribution < -0.4 is 0 Å². The maximum absolute atomic E-state index is 12.8.